The highest BCUT2D eigenvalue weighted by Crippen LogP contribution is 2.30. The Labute approximate surface area is 168 Å². The van der Waals surface area contributed by atoms with Gasteiger partial charge in [0.1, 0.15) is 18.6 Å². The third-order valence-electron chi connectivity index (χ3n) is 4.01. The minimum Gasteiger partial charge on any atom is -0.457 e. The van der Waals surface area contributed by atoms with Crippen molar-refractivity contribution in [3.05, 3.63) is 83.4 Å². The van der Waals surface area contributed by atoms with Crippen molar-refractivity contribution in [3.8, 4) is 22.6 Å². The molecule has 6 heteroatoms. The first-order chi connectivity index (χ1) is 13.6. The van der Waals surface area contributed by atoms with Gasteiger partial charge in [0.25, 0.3) is 5.91 Å². The molecule has 3 rings (SSSR count). The van der Waals surface area contributed by atoms with Crippen LogP contribution in [0.1, 0.15) is 5.56 Å². The van der Waals surface area contributed by atoms with E-state index in [-0.39, 0.29) is 11.6 Å². The minimum atomic E-state index is -0.368. The summed E-state index contributed by atoms with van der Waals surface area (Å²) in [6.45, 7) is 0. The second-order valence-corrected chi connectivity index (χ2v) is 6.27. The van der Waals surface area contributed by atoms with Crippen molar-refractivity contribution in [1.82, 2.24) is 5.32 Å². The second-order valence-electron chi connectivity index (χ2n) is 5.83. The molecule has 28 heavy (non-hydrogen) atoms. The Balaban J connectivity index is 1.95. The second kappa shape index (κ2) is 9.06. The number of likely N-dealkylation sites (N-methyl/N-ethyl adjacent to an activating group) is 1. The number of hydrogen-bond acceptors (Lipinski definition) is 4. The standard InChI is InChI=1S/C22H19ClN2O3/c1-24-22(26)21(25-27-2)19-8-3-4-9-20(19)28-18-7-5-6-16(14-18)15-10-12-17(23)13-11-15/h3-14H,1-2H3,(H,24,26)/b25-21+. The zero-order valence-electron chi connectivity index (χ0n) is 15.5. The van der Waals surface area contributed by atoms with Crippen LogP contribution < -0.4 is 10.1 Å². The van der Waals surface area contributed by atoms with Gasteiger partial charge in [-0.25, -0.2) is 0 Å². The molecule has 0 aliphatic carbocycles. The van der Waals surface area contributed by atoms with Gasteiger partial charge in [-0.05, 0) is 47.5 Å². The number of carbonyl (C=O) groups is 1. The van der Waals surface area contributed by atoms with Crippen LogP contribution in [-0.4, -0.2) is 25.8 Å². The SMILES string of the molecule is CNC(=O)/C(=N/OC)c1ccccc1Oc1cccc(-c2ccc(Cl)cc2)c1. The molecule has 1 amide bonds. The van der Waals surface area contributed by atoms with Crippen molar-refractivity contribution in [3.63, 3.8) is 0 Å². The highest BCUT2D eigenvalue weighted by Gasteiger charge is 2.18. The Hall–Kier alpha value is -3.31. The normalized spacial score (nSPS) is 11.0. The molecular weight excluding hydrogens is 376 g/mol. The number of nitrogens with zero attached hydrogens (tertiary/aromatic N) is 1. The minimum absolute atomic E-state index is 0.134. The van der Waals surface area contributed by atoms with Crippen molar-refractivity contribution < 1.29 is 14.4 Å². The molecule has 0 fully saturated rings. The lowest BCUT2D eigenvalue weighted by Gasteiger charge is -2.13. The van der Waals surface area contributed by atoms with Crippen molar-refractivity contribution in [2.75, 3.05) is 14.2 Å². The average molecular weight is 395 g/mol. The molecule has 1 N–H and O–H groups in total. The van der Waals surface area contributed by atoms with Crippen LogP contribution in [0.2, 0.25) is 5.02 Å². The Bertz CT molecular complexity index is 1000. The van der Waals surface area contributed by atoms with E-state index in [4.69, 9.17) is 21.2 Å². The largest absolute Gasteiger partial charge is 0.457 e. The number of hydrogen-bond donors (Lipinski definition) is 1. The van der Waals surface area contributed by atoms with E-state index in [1.165, 1.54) is 14.2 Å². The lowest BCUT2D eigenvalue weighted by molar-refractivity contribution is -0.114. The molecule has 0 saturated heterocycles. The van der Waals surface area contributed by atoms with E-state index < -0.39 is 0 Å². The number of ether oxygens (including phenoxy) is 1. The number of carbonyl (C=O) groups excluding carboxylic acids is 1. The first-order valence-electron chi connectivity index (χ1n) is 8.59. The maximum atomic E-state index is 12.2. The van der Waals surface area contributed by atoms with Crippen molar-refractivity contribution in [1.29, 1.82) is 0 Å². The Morgan fingerprint density at radius 1 is 0.964 bits per heavy atom. The van der Waals surface area contributed by atoms with E-state index in [1.54, 1.807) is 18.2 Å². The molecule has 0 radical (unpaired) electrons. The van der Waals surface area contributed by atoms with Gasteiger partial charge in [0.2, 0.25) is 0 Å². The lowest BCUT2D eigenvalue weighted by atomic mass is 10.1. The van der Waals surface area contributed by atoms with Crippen LogP contribution in [0.5, 0.6) is 11.5 Å². The van der Waals surface area contributed by atoms with E-state index in [0.29, 0.717) is 22.1 Å². The topological polar surface area (TPSA) is 59.9 Å². The molecule has 0 aliphatic rings. The smallest absolute Gasteiger partial charge is 0.273 e. The van der Waals surface area contributed by atoms with Gasteiger partial charge in [-0.2, -0.15) is 0 Å². The molecule has 0 aliphatic heterocycles. The Morgan fingerprint density at radius 3 is 2.43 bits per heavy atom. The molecule has 0 bridgehead atoms. The summed E-state index contributed by atoms with van der Waals surface area (Å²) in [5, 5.41) is 7.10. The summed E-state index contributed by atoms with van der Waals surface area (Å²) in [5.74, 6) is 0.761. The number of benzene rings is 3. The Kier molecular flexibility index (Phi) is 6.29. The molecule has 142 valence electrons. The number of nitrogens with one attached hydrogen (secondary N) is 1. The molecule has 0 heterocycles. The van der Waals surface area contributed by atoms with Crippen molar-refractivity contribution >= 4 is 23.2 Å². The van der Waals surface area contributed by atoms with Gasteiger partial charge in [-0.3, -0.25) is 4.79 Å². The lowest BCUT2D eigenvalue weighted by Crippen LogP contribution is -2.28. The van der Waals surface area contributed by atoms with Crippen LogP contribution in [-0.2, 0) is 9.63 Å². The molecule has 3 aromatic carbocycles. The van der Waals surface area contributed by atoms with Crippen LogP contribution in [0.25, 0.3) is 11.1 Å². The molecule has 0 atom stereocenters. The van der Waals surface area contributed by atoms with Crippen molar-refractivity contribution in [2.45, 2.75) is 0 Å². The zero-order valence-corrected chi connectivity index (χ0v) is 16.2. The summed E-state index contributed by atoms with van der Waals surface area (Å²) in [4.78, 5) is 17.0. The van der Waals surface area contributed by atoms with Gasteiger partial charge in [-0.15, -0.1) is 0 Å². The summed E-state index contributed by atoms with van der Waals surface area (Å²) in [6, 6.07) is 22.4. The molecule has 0 saturated carbocycles. The molecule has 0 spiro atoms. The number of para-hydroxylation sites is 1. The summed E-state index contributed by atoms with van der Waals surface area (Å²) >= 11 is 5.97. The fourth-order valence-corrected chi connectivity index (χ4v) is 2.81. The highest BCUT2D eigenvalue weighted by atomic mass is 35.5. The molecule has 0 unspecified atom stereocenters. The van der Waals surface area contributed by atoms with E-state index in [1.807, 2.05) is 54.6 Å². The fraction of sp³-hybridized carbons (Fsp3) is 0.0909. The molecule has 5 nitrogen and oxygen atoms in total. The Morgan fingerprint density at radius 2 is 1.71 bits per heavy atom. The number of rotatable bonds is 6. The highest BCUT2D eigenvalue weighted by molar-refractivity contribution is 6.45. The van der Waals surface area contributed by atoms with Gasteiger partial charge in [0, 0.05) is 12.1 Å². The van der Waals surface area contributed by atoms with Gasteiger partial charge >= 0.3 is 0 Å². The summed E-state index contributed by atoms with van der Waals surface area (Å²) in [5.41, 5.74) is 2.67. The third-order valence-corrected chi connectivity index (χ3v) is 4.26. The van der Waals surface area contributed by atoms with E-state index in [2.05, 4.69) is 10.5 Å². The van der Waals surface area contributed by atoms with E-state index in [9.17, 15) is 4.79 Å². The van der Waals surface area contributed by atoms with E-state index >= 15 is 0 Å². The van der Waals surface area contributed by atoms with Crippen molar-refractivity contribution in [2.24, 2.45) is 5.16 Å². The molecule has 3 aromatic rings. The molecular formula is C22H19ClN2O3. The van der Waals surface area contributed by atoms with Gasteiger partial charge in [-0.1, -0.05) is 53.2 Å². The number of halogens is 1. The number of amides is 1. The van der Waals surface area contributed by atoms with Crippen LogP contribution in [0.4, 0.5) is 0 Å². The number of oxime groups is 1. The average Bonchev–Trinajstić information content (AvgIpc) is 2.73. The first kappa shape index (κ1) is 19.5. The van der Waals surface area contributed by atoms with Gasteiger partial charge in [0.05, 0.1) is 5.56 Å². The fourth-order valence-electron chi connectivity index (χ4n) is 2.68. The summed E-state index contributed by atoms with van der Waals surface area (Å²) in [6.07, 6.45) is 0. The van der Waals surface area contributed by atoms with Gasteiger partial charge < -0.3 is 14.9 Å². The molecule has 0 aromatic heterocycles. The summed E-state index contributed by atoms with van der Waals surface area (Å²) in [7, 11) is 2.93. The van der Waals surface area contributed by atoms with E-state index in [0.717, 1.165) is 11.1 Å². The monoisotopic (exact) mass is 394 g/mol. The first-order valence-corrected chi connectivity index (χ1v) is 8.96. The predicted octanol–water partition coefficient (Wildman–Crippen LogP) is 4.90. The maximum Gasteiger partial charge on any atom is 0.273 e. The quantitative estimate of drug-likeness (QED) is 0.478. The predicted molar refractivity (Wildman–Crippen MR) is 111 cm³/mol. The summed E-state index contributed by atoms with van der Waals surface area (Å²) < 4.78 is 6.07. The third kappa shape index (κ3) is 4.50. The maximum absolute atomic E-state index is 12.2. The van der Waals surface area contributed by atoms with Crippen LogP contribution in [0.15, 0.2) is 78.0 Å². The zero-order chi connectivity index (χ0) is 19.9. The van der Waals surface area contributed by atoms with Crippen LogP contribution in [0.3, 0.4) is 0 Å². The van der Waals surface area contributed by atoms with Crippen LogP contribution >= 0.6 is 11.6 Å². The van der Waals surface area contributed by atoms with Crippen LogP contribution in [0, 0.1) is 0 Å². The van der Waals surface area contributed by atoms with Gasteiger partial charge in [0.15, 0.2) is 5.71 Å².